The van der Waals surface area contributed by atoms with Gasteiger partial charge in [0.1, 0.15) is 0 Å². The third kappa shape index (κ3) is 24.7. The molecule has 0 saturated carbocycles. The minimum absolute atomic E-state index is 0.194. The molecule has 0 bridgehead atoms. The molecule has 0 aliphatic carbocycles. The Morgan fingerprint density at radius 1 is 0.833 bits per heavy atom. The molecule has 0 aromatic rings. The maximum absolute atomic E-state index is 11.2. The summed E-state index contributed by atoms with van der Waals surface area (Å²) in [4.78, 5) is 0. The lowest BCUT2D eigenvalue weighted by Crippen LogP contribution is -2.15. The monoisotopic (exact) mass is 282 g/mol. The van der Waals surface area contributed by atoms with Gasteiger partial charge in [-0.05, 0) is 5.92 Å². The second-order valence-corrected chi connectivity index (χ2v) is 4.82. The van der Waals surface area contributed by atoms with Crippen LogP contribution in [0, 0.1) is 17.8 Å². The first-order valence-corrected chi connectivity index (χ1v) is 5.77. The maximum atomic E-state index is 11.2. The van der Waals surface area contributed by atoms with Gasteiger partial charge in [-0.25, -0.2) is 8.78 Å². The van der Waals surface area contributed by atoms with Gasteiger partial charge < -0.3 is 0 Å². The van der Waals surface area contributed by atoms with Crippen molar-refractivity contribution in [3.8, 4) is 0 Å². The zero-order valence-corrected chi connectivity index (χ0v) is 11.8. The number of hydrogen-bond acceptors (Lipinski definition) is 0. The van der Waals surface area contributed by atoms with E-state index in [0.29, 0.717) is 0 Å². The minimum Gasteiger partial charge on any atom is -0.251 e. The van der Waals surface area contributed by atoms with Crippen molar-refractivity contribution in [1.82, 2.24) is 0 Å². The highest BCUT2D eigenvalue weighted by Crippen LogP contribution is 2.24. The van der Waals surface area contributed by atoms with Crippen LogP contribution in [0.25, 0.3) is 0 Å². The second-order valence-electron chi connectivity index (χ2n) is 4.82. The van der Waals surface area contributed by atoms with Crippen molar-refractivity contribution in [2.24, 2.45) is 17.8 Å². The summed E-state index contributed by atoms with van der Waals surface area (Å²) in [6.45, 7) is 8.73. The molecule has 0 radical (unpaired) electrons. The summed E-state index contributed by atoms with van der Waals surface area (Å²) >= 11 is 0. The zero-order chi connectivity index (χ0) is 15.5. The number of hydrogen-bond donors (Lipinski definition) is 0. The third-order valence-corrected chi connectivity index (χ3v) is 1.47. The van der Waals surface area contributed by atoms with Gasteiger partial charge >= 0.3 is 6.18 Å². The molecule has 0 spiro atoms. The van der Waals surface area contributed by atoms with Crippen LogP contribution in [0.5, 0.6) is 0 Å². The van der Waals surface area contributed by atoms with Crippen LogP contribution in [-0.4, -0.2) is 19.3 Å². The summed E-state index contributed by atoms with van der Waals surface area (Å²) in [5.41, 5.74) is 0. The van der Waals surface area contributed by atoms with Gasteiger partial charge in [0.25, 0.3) is 0 Å². The van der Waals surface area contributed by atoms with Gasteiger partial charge in [0, 0.05) is 11.8 Å². The molecule has 0 nitrogen and oxygen atoms in total. The van der Waals surface area contributed by atoms with Crippen LogP contribution in [0.2, 0.25) is 0 Å². The lowest BCUT2D eigenvalue weighted by atomic mass is 10.2. The Kier molecular flexibility index (Phi) is 14.7. The fourth-order valence-corrected chi connectivity index (χ4v) is 0. The first-order chi connectivity index (χ1) is 7.86. The molecule has 0 aliphatic rings. The van der Waals surface area contributed by atoms with Crippen LogP contribution in [-0.2, 0) is 0 Å². The molecule has 0 atom stereocenters. The topological polar surface area (TPSA) is 0 Å². The van der Waals surface area contributed by atoms with E-state index in [9.17, 15) is 26.3 Å². The van der Waals surface area contributed by atoms with E-state index in [1.54, 1.807) is 0 Å². The van der Waals surface area contributed by atoms with Crippen LogP contribution in [0.15, 0.2) is 0 Å². The summed E-state index contributed by atoms with van der Waals surface area (Å²) in [5, 5.41) is 0. The van der Waals surface area contributed by atoms with Crippen molar-refractivity contribution >= 4 is 0 Å². The van der Waals surface area contributed by atoms with E-state index >= 15 is 0 Å². The smallest absolute Gasteiger partial charge is 0.251 e. The largest absolute Gasteiger partial charge is 0.391 e. The summed E-state index contributed by atoms with van der Waals surface area (Å²) in [7, 11) is 0. The summed E-state index contributed by atoms with van der Waals surface area (Å²) in [6.07, 6.45) is -6.15. The predicted octanol–water partition coefficient (Wildman–Crippen LogP) is 5.72. The lowest BCUT2D eigenvalue weighted by Gasteiger charge is -2.07. The molecule has 18 heavy (non-hydrogen) atoms. The molecule has 0 heterocycles. The van der Waals surface area contributed by atoms with Crippen molar-refractivity contribution in [3.05, 3.63) is 0 Å². The Bertz CT molecular complexity index is 154. The zero-order valence-electron chi connectivity index (χ0n) is 11.8. The van der Waals surface area contributed by atoms with Crippen LogP contribution in [0.1, 0.15) is 41.5 Å². The second kappa shape index (κ2) is 11.7. The average Bonchev–Trinajstić information content (AvgIpc) is 2.17. The van der Waals surface area contributed by atoms with E-state index in [1.165, 1.54) is 13.8 Å². The molecule has 0 aromatic heterocycles. The normalized spacial score (nSPS) is 11.3. The molecular formula is C12H24F6. The molecule has 6 heteroatoms. The highest BCUT2D eigenvalue weighted by Gasteiger charge is 2.31. The highest BCUT2D eigenvalue weighted by atomic mass is 19.4. The lowest BCUT2D eigenvalue weighted by molar-refractivity contribution is -0.164. The van der Waals surface area contributed by atoms with Gasteiger partial charge in [-0.15, -0.1) is 0 Å². The van der Waals surface area contributed by atoms with Crippen LogP contribution >= 0.6 is 0 Å². The van der Waals surface area contributed by atoms with E-state index in [2.05, 4.69) is 0 Å². The SMILES string of the molecule is CC(C)C(F)(F)F.CC(C)C(F)F.CC(C)CF. The molecule has 114 valence electrons. The Morgan fingerprint density at radius 2 is 1.00 bits per heavy atom. The molecule has 0 aliphatic heterocycles. The summed E-state index contributed by atoms with van der Waals surface area (Å²) in [5.74, 6) is -1.47. The Labute approximate surface area is 106 Å². The van der Waals surface area contributed by atoms with Crippen LogP contribution in [0.4, 0.5) is 26.3 Å². The van der Waals surface area contributed by atoms with E-state index < -0.39 is 24.4 Å². The average molecular weight is 282 g/mol. The van der Waals surface area contributed by atoms with Gasteiger partial charge in [-0.3, -0.25) is 4.39 Å². The molecule has 0 fully saturated rings. The molecule has 0 N–H and O–H groups in total. The Balaban J connectivity index is -0.000000190. The van der Waals surface area contributed by atoms with Crippen molar-refractivity contribution in [1.29, 1.82) is 0 Å². The number of halogens is 6. The molecule has 0 unspecified atom stereocenters. The fraction of sp³-hybridized carbons (Fsp3) is 1.00. The van der Waals surface area contributed by atoms with Crippen molar-refractivity contribution in [2.45, 2.75) is 54.1 Å². The molecule has 0 aromatic carbocycles. The number of alkyl halides is 6. The van der Waals surface area contributed by atoms with Crippen LogP contribution < -0.4 is 0 Å². The van der Waals surface area contributed by atoms with Crippen molar-refractivity contribution in [2.75, 3.05) is 6.67 Å². The minimum atomic E-state index is -4.00. The Morgan fingerprint density at radius 3 is 1.00 bits per heavy atom. The fourth-order valence-electron chi connectivity index (χ4n) is 0. The molecule has 0 saturated heterocycles. The van der Waals surface area contributed by atoms with Gasteiger partial charge in [0.05, 0.1) is 6.67 Å². The predicted molar refractivity (Wildman–Crippen MR) is 62.5 cm³/mol. The standard InChI is InChI=1S/C4H7F3.C4H8F2.C4H9F/c1-3(2)4(5,6)7;1-3(2)4(5)6;1-4(2)3-5/h3H,1-2H3;3-4H,1-2H3;4H,3H2,1-2H3. The third-order valence-electron chi connectivity index (χ3n) is 1.47. The van der Waals surface area contributed by atoms with Crippen molar-refractivity contribution in [3.63, 3.8) is 0 Å². The first-order valence-electron chi connectivity index (χ1n) is 5.77. The summed E-state index contributed by atoms with van der Waals surface area (Å²) in [6, 6.07) is 0. The molecular weight excluding hydrogens is 258 g/mol. The van der Waals surface area contributed by atoms with Gasteiger partial charge in [-0.1, -0.05) is 41.5 Å². The highest BCUT2D eigenvalue weighted by molar-refractivity contribution is 4.52. The van der Waals surface area contributed by atoms with Gasteiger partial charge in [0.2, 0.25) is 6.43 Å². The van der Waals surface area contributed by atoms with Crippen LogP contribution in [0.3, 0.4) is 0 Å². The van der Waals surface area contributed by atoms with E-state index in [1.807, 2.05) is 13.8 Å². The maximum Gasteiger partial charge on any atom is 0.391 e. The van der Waals surface area contributed by atoms with E-state index in [4.69, 9.17) is 0 Å². The van der Waals surface area contributed by atoms with Gasteiger partial charge in [-0.2, -0.15) is 13.2 Å². The Hall–Kier alpha value is -0.420. The quantitative estimate of drug-likeness (QED) is 0.568. The van der Waals surface area contributed by atoms with E-state index in [-0.39, 0.29) is 12.6 Å². The first kappa shape index (κ1) is 22.7. The molecule has 0 rings (SSSR count). The van der Waals surface area contributed by atoms with Gasteiger partial charge in [0.15, 0.2) is 0 Å². The van der Waals surface area contributed by atoms with Crippen molar-refractivity contribution < 1.29 is 26.3 Å². The summed E-state index contributed by atoms with van der Waals surface area (Å²) < 4.78 is 67.0. The number of rotatable bonds is 2. The van der Waals surface area contributed by atoms with E-state index in [0.717, 1.165) is 13.8 Å². The molecule has 0 amide bonds.